The van der Waals surface area contributed by atoms with E-state index in [0.717, 1.165) is 0 Å². The highest BCUT2D eigenvalue weighted by atomic mass is 16.4. The number of carbonyl (C=O) groups excluding carboxylic acids is 1. The van der Waals surface area contributed by atoms with Crippen molar-refractivity contribution in [2.45, 2.75) is 25.7 Å². The molecule has 0 radical (unpaired) electrons. The van der Waals surface area contributed by atoms with E-state index < -0.39 is 11.9 Å². The van der Waals surface area contributed by atoms with Crippen molar-refractivity contribution in [3.05, 3.63) is 35.9 Å². The van der Waals surface area contributed by atoms with Crippen LogP contribution >= 0.6 is 0 Å². The molecule has 4 nitrogen and oxygen atoms in total. The predicted octanol–water partition coefficient (Wildman–Crippen LogP) is 2.02. The zero-order chi connectivity index (χ0) is 13.8. The van der Waals surface area contributed by atoms with Gasteiger partial charge in [-0.05, 0) is 24.3 Å². The summed E-state index contributed by atoms with van der Waals surface area (Å²) in [7, 11) is 0. The first-order valence-electron chi connectivity index (χ1n) is 6.65. The van der Waals surface area contributed by atoms with Crippen molar-refractivity contribution in [3.8, 4) is 0 Å². The molecular weight excluding hydrogens is 242 g/mol. The van der Waals surface area contributed by atoms with Crippen LogP contribution in [-0.2, 0) is 9.59 Å². The number of hydrogen-bond donors (Lipinski definition) is 2. The van der Waals surface area contributed by atoms with Crippen molar-refractivity contribution in [2.24, 2.45) is 11.8 Å². The van der Waals surface area contributed by atoms with Crippen LogP contribution in [0.4, 0.5) is 0 Å². The van der Waals surface area contributed by atoms with Gasteiger partial charge in [-0.25, -0.2) is 0 Å². The molecule has 0 heterocycles. The number of aliphatic carboxylic acids is 1. The average molecular weight is 261 g/mol. The van der Waals surface area contributed by atoms with E-state index in [1.54, 1.807) is 0 Å². The number of amides is 1. The summed E-state index contributed by atoms with van der Waals surface area (Å²) in [6.45, 7) is 2.59. The maximum absolute atomic E-state index is 11.9. The van der Waals surface area contributed by atoms with Gasteiger partial charge in [-0.2, -0.15) is 0 Å². The van der Waals surface area contributed by atoms with Crippen LogP contribution in [0, 0.1) is 11.8 Å². The first-order valence-corrected chi connectivity index (χ1v) is 6.65. The van der Waals surface area contributed by atoms with Gasteiger partial charge in [0.25, 0.3) is 0 Å². The van der Waals surface area contributed by atoms with E-state index >= 15 is 0 Å². The normalized spacial score (nSPS) is 23.2. The van der Waals surface area contributed by atoms with Crippen molar-refractivity contribution in [2.75, 3.05) is 6.54 Å². The second kappa shape index (κ2) is 5.87. The molecule has 1 aliphatic rings. The molecule has 0 bridgehead atoms. The summed E-state index contributed by atoms with van der Waals surface area (Å²) in [6.07, 6.45) is 1.30. The molecule has 0 aliphatic heterocycles. The first kappa shape index (κ1) is 13.6. The highest BCUT2D eigenvalue weighted by molar-refractivity contribution is 5.86. The second-order valence-corrected chi connectivity index (χ2v) is 5.19. The van der Waals surface area contributed by atoms with E-state index in [4.69, 9.17) is 5.11 Å². The lowest BCUT2D eigenvalue weighted by molar-refractivity contribution is -0.152. The third kappa shape index (κ3) is 3.13. The summed E-state index contributed by atoms with van der Waals surface area (Å²) in [6, 6.07) is 9.96. The Morgan fingerprint density at radius 1 is 1.26 bits per heavy atom. The lowest BCUT2D eigenvalue weighted by atomic mass is 9.73. The monoisotopic (exact) mass is 261 g/mol. The molecule has 1 saturated carbocycles. The zero-order valence-electron chi connectivity index (χ0n) is 11.0. The molecule has 0 saturated heterocycles. The first-order chi connectivity index (χ1) is 9.09. The molecule has 0 spiro atoms. The quantitative estimate of drug-likeness (QED) is 0.852. The molecule has 2 rings (SSSR count). The summed E-state index contributed by atoms with van der Waals surface area (Å²) in [5.74, 6) is -1.59. The summed E-state index contributed by atoms with van der Waals surface area (Å²) < 4.78 is 0. The Hall–Kier alpha value is -1.84. The van der Waals surface area contributed by atoms with Gasteiger partial charge >= 0.3 is 5.97 Å². The standard InChI is InChI=1S/C15H19NO3/c1-10(11-5-3-2-4-6-11)9-16-14(17)12-7-8-13(12)15(18)19/h2-6,10,12-13H,7-9H2,1H3,(H,16,17)(H,18,19). The average Bonchev–Trinajstić information content (AvgIpc) is 2.35. The number of benzene rings is 1. The number of carboxylic acids is 1. The fourth-order valence-corrected chi connectivity index (χ4v) is 2.39. The Labute approximate surface area is 112 Å². The van der Waals surface area contributed by atoms with Crippen molar-refractivity contribution in [1.82, 2.24) is 5.32 Å². The van der Waals surface area contributed by atoms with Gasteiger partial charge in [0, 0.05) is 6.54 Å². The van der Waals surface area contributed by atoms with Crippen LogP contribution in [0.15, 0.2) is 30.3 Å². The van der Waals surface area contributed by atoms with Gasteiger partial charge in [-0.15, -0.1) is 0 Å². The molecule has 2 N–H and O–H groups in total. The smallest absolute Gasteiger partial charge is 0.307 e. The lowest BCUT2D eigenvalue weighted by Gasteiger charge is -2.32. The van der Waals surface area contributed by atoms with Crippen LogP contribution in [0.25, 0.3) is 0 Å². The van der Waals surface area contributed by atoms with Gasteiger partial charge in [0.15, 0.2) is 0 Å². The van der Waals surface area contributed by atoms with E-state index in [-0.39, 0.29) is 17.7 Å². The molecule has 1 amide bonds. The second-order valence-electron chi connectivity index (χ2n) is 5.19. The van der Waals surface area contributed by atoms with Gasteiger partial charge in [0.05, 0.1) is 11.8 Å². The lowest BCUT2D eigenvalue weighted by Crippen LogP contribution is -2.44. The Morgan fingerprint density at radius 2 is 1.89 bits per heavy atom. The number of hydrogen-bond acceptors (Lipinski definition) is 2. The summed E-state index contributed by atoms with van der Waals surface area (Å²) in [4.78, 5) is 22.8. The minimum Gasteiger partial charge on any atom is -0.481 e. The fraction of sp³-hybridized carbons (Fsp3) is 0.467. The molecule has 19 heavy (non-hydrogen) atoms. The van der Waals surface area contributed by atoms with Gasteiger partial charge in [-0.3, -0.25) is 9.59 Å². The van der Waals surface area contributed by atoms with Gasteiger partial charge in [-0.1, -0.05) is 37.3 Å². The van der Waals surface area contributed by atoms with Gasteiger partial charge in [0.2, 0.25) is 5.91 Å². The van der Waals surface area contributed by atoms with E-state index in [0.29, 0.717) is 19.4 Å². The van der Waals surface area contributed by atoms with E-state index in [1.165, 1.54) is 5.56 Å². The molecule has 1 aromatic carbocycles. The maximum atomic E-state index is 11.9. The summed E-state index contributed by atoms with van der Waals surface area (Å²) in [5, 5.41) is 11.8. The molecule has 4 heteroatoms. The van der Waals surface area contributed by atoms with Gasteiger partial charge in [0.1, 0.15) is 0 Å². The molecule has 0 aromatic heterocycles. The SMILES string of the molecule is CC(CNC(=O)C1CCC1C(=O)O)c1ccccc1. The number of carboxylic acid groups (broad SMARTS) is 1. The van der Waals surface area contributed by atoms with Crippen LogP contribution < -0.4 is 5.32 Å². The van der Waals surface area contributed by atoms with E-state index in [2.05, 4.69) is 5.32 Å². The Kier molecular flexibility index (Phi) is 4.20. The van der Waals surface area contributed by atoms with Crippen molar-refractivity contribution < 1.29 is 14.7 Å². The summed E-state index contributed by atoms with van der Waals surface area (Å²) in [5.41, 5.74) is 1.17. The topological polar surface area (TPSA) is 66.4 Å². The third-order valence-corrected chi connectivity index (χ3v) is 3.88. The molecule has 1 fully saturated rings. The molecule has 3 unspecified atom stereocenters. The fourth-order valence-electron chi connectivity index (χ4n) is 2.39. The third-order valence-electron chi connectivity index (χ3n) is 3.88. The number of nitrogens with one attached hydrogen (secondary N) is 1. The minimum atomic E-state index is -0.859. The van der Waals surface area contributed by atoms with Crippen molar-refractivity contribution in [1.29, 1.82) is 0 Å². The molecular formula is C15H19NO3. The Bertz CT molecular complexity index is 458. The predicted molar refractivity (Wildman–Crippen MR) is 71.7 cm³/mol. The maximum Gasteiger partial charge on any atom is 0.307 e. The Morgan fingerprint density at radius 3 is 2.42 bits per heavy atom. The number of rotatable bonds is 5. The largest absolute Gasteiger partial charge is 0.481 e. The Balaban J connectivity index is 1.83. The molecule has 1 aliphatic carbocycles. The van der Waals surface area contributed by atoms with E-state index in [9.17, 15) is 9.59 Å². The molecule has 3 atom stereocenters. The number of carbonyl (C=O) groups is 2. The summed E-state index contributed by atoms with van der Waals surface area (Å²) >= 11 is 0. The van der Waals surface area contributed by atoms with Crippen LogP contribution in [0.2, 0.25) is 0 Å². The highest BCUT2D eigenvalue weighted by Gasteiger charge is 2.41. The minimum absolute atomic E-state index is 0.124. The van der Waals surface area contributed by atoms with Crippen LogP contribution in [0.1, 0.15) is 31.2 Å². The molecule has 1 aromatic rings. The zero-order valence-corrected chi connectivity index (χ0v) is 11.0. The van der Waals surface area contributed by atoms with Crippen molar-refractivity contribution in [3.63, 3.8) is 0 Å². The van der Waals surface area contributed by atoms with Crippen LogP contribution in [0.5, 0.6) is 0 Å². The van der Waals surface area contributed by atoms with Crippen molar-refractivity contribution >= 4 is 11.9 Å². The van der Waals surface area contributed by atoms with Crippen LogP contribution in [-0.4, -0.2) is 23.5 Å². The highest BCUT2D eigenvalue weighted by Crippen LogP contribution is 2.34. The van der Waals surface area contributed by atoms with E-state index in [1.807, 2.05) is 37.3 Å². The molecule has 102 valence electrons. The van der Waals surface area contributed by atoms with Gasteiger partial charge < -0.3 is 10.4 Å². The van der Waals surface area contributed by atoms with Crippen LogP contribution in [0.3, 0.4) is 0 Å².